The van der Waals surface area contributed by atoms with Gasteiger partial charge in [0.2, 0.25) is 5.91 Å². The molecule has 5 nitrogen and oxygen atoms in total. The highest BCUT2D eigenvalue weighted by Gasteiger charge is 2.40. The Hall–Kier alpha value is -2.43. The predicted octanol–water partition coefficient (Wildman–Crippen LogP) is 4.27. The number of hydrogen-bond donors (Lipinski definition) is 0. The van der Waals surface area contributed by atoms with Gasteiger partial charge in [-0.25, -0.2) is 0 Å². The van der Waals surface area contributed by atoms with Crippen molar-refractivity contribution in [3.63, 3.8) is 0 Å². The number of ketones is 1. The van der Waals surface area contributed by atoms with E-state index in [2.05, 4.69) is 44.2 Å². The molecule has 1 unspecified atom stereocenters. The second-order valence-corrected chi connectivity index (χ2v) is 8.91. The number of carbonyl (C=O) groups excluding carboxylic acids is 2. The molecule has 0 N–H and O–H groups in total. The van der Waals surface area contributed by atoms with E-state index in [-0.39, 0.29) is 29.4 Å². The minimum atomic E-state index is -0.143. The highest BCUT2D eigenvalue weighted by atomic mass is 16.2. The van der Waals surface area contributed by atoms with Crippen LogP contribution >= 0.6 is 0 Å². The van der Waals surface area contributed by atoms with Crippen molar-refractivity contribution in [1.82, 2.24) is 9.78 Å². The van der Waals surface area contributed by atoms with E-state index in [4.69, 9.17) is 0 Å². The summed E-state index contributed by atoms with van der Waals surface area (Å²) >= 11 is 0. The molecule has 0 saturated heterocycles. The molecule has 0 bridgehead atoms. The van der Waals surface area contributed by atoms with Crippen LogP contribution in [0, 0.1) is 17.8 Å². The molecule has 0 spiro atoms. The van der Waals surface area contributed by atoms with Crippen LogP contribution in [0.4, 0.5) is 5.69 Å². The van der Waals surface area contributed by atoms with Gasteiger partial charge in [0.05, 0.1) is 6.20 Å². The maximum Gasteiger partial charge on any atom is 0.230 e. The van der Waals surface area contributed by atoms with Crippen LogP contribution in [0.2, 0.25) is 0 Å². The van der Waals surface area contributed by atoms with Gasteiger partial charge in [-0.3, -0.25) is 14.3 Å². The van der Waals surface area contributed by atoms with Crippen LogP contribution in [-0.4, -0.2) is 28.0 Å². The number of rotatable bonds is 5. The fraction of sp³-hybridized carbons (Fsp3) is 0.522. The molecule has 1 fully saturated rings. The first-order chi connectivity index (χ1) is 13.3. The van der Waals surface area contributed by atoms with Gasteiger partial charge in [0.15, 0.2) is 0 Å². The highest BCUT2D eigenvalue weighted by Crippen LogP contribution is 2.43. The molecule has 2 aromatic rings. The standard InChI is InChI=1S/C23H29N3O2/c1-14(2)11-25-13-19(10-24-25)18-7-8-20-21(9-18)26(23(28)17-5-6-17)12-15(3)22(20)16(4)27/h7-10,13-15,17,22H,5-6,11-12H2,1-4H3/t15-,22?/m0/s1. The number of carbonyl (C=O) groups is 2. The molecule has 0 radical (unpaired) electrons. The Balaban J connectivity index is 1.74. The zero-order chi connectivity index (χ0) is 20.0. The van der Waals surface area contributed by atoms with Crippen molar-refractivity contribution in [1.29, 1.82) is 0 Å². The summed E-state index contributed by atoms with van der Waals surface area (Å²) in [4.78, 5) is 27.2. The quantitative estimate of drug-likeness (QED) is 0.779. The fourth-order valence-corrected chi connectivity index (χ4v) is 4.38. The lowest BCUT2D eigenvalue weighted by atomic mass is 9.79. The fourth-order valence-electron chi connectivity index (χ4n) is 4.38. The second-order valence-electron chi connectivity index (χ2n) is 8.91. The van der Waals surface area contributed by atoms with Crippen LogP contribution in [0.1, 0.15) is 52.0 Å². The molecule has 1 aromatic heterocycles. The summed E-state index contributed by atoms with van der Waals surface area (Å²) in [6.45, 7) is 9.57. The summed E-state index contributed by atoms with van der Waals surface area (Å²) in [6, 6.07) is 6.18. The highest BCUT2D eigenvalue weighted by molar-refractivity contribution is 6.00. The minimum absolute atomic E-state index is 0.132. The monoisotopic (exact) mass is 379 g/mol. The largest absolute Gasteiger partial charge is 0.312 e. The molecule has 2 atom stereocenters. The van der Waals surface area contributed by atoms with Crippen LogP contribution in [0.25, 0.3) is 11.1 Å². The van der Waals surface area contributed by atoms with Crippen LogP contribution < -0.4 is 4.90 Å². The van der Waals surface area contributed by atoms with E-state index in [1.165, 1.54) is 0 Å². The van der Waals surface area contributed by atoms with Gasteiger partial charge in [-0.2, -0.15) is 5.10 Å². The maximum absolute atomic E-state index is 12.9. The van der Waals surface area contributed by atoms with E-state index in [0.717, 1.165) is 41.8 Å². The van der Waals surface area contributed by atoms with Crippen molar-refractivity contribution in [3.8, 4) is 11.1 Å². The summed E-state index contributed by atoms with van der Waals surface area (Å²) in [5, 5.41) is 4.47. The molecular weight excluding hydrogens is 350 g/mol. The van der Waals surface area contributed by atoms with Gasteiger partial charge in [-0.15, -0.1) is 0 Å². The lowest BCUT2D eigenvalue weighted by Gasteiger charge is -2.38. The average Bonchev–Trinajstić information content (AvgIpc) is 3.39. The Morgan fingerprint density at radius 1 is 1.21 bits per heavy atom. The molecule has 4 rings (SSSR count). The molecular formula is C23H29N3O2. The maximum atomic E-state index is 12.9. The second kappa shape index (κ2) is 7.19. The molecule has 1 saturated carbocycles. The SMILES string of the molecule is CC(=O)C1c2ccc(-c3cnn(CC(C)C)c3)cc2N(C(=O)C2CC2)C[C@@H]1C. The molecule has 5 heteroatoms. The molecule has 1 aliphatic heterocycles. The lowest BCUT2D eigenvalue weighted by Crippen LogP contribution is -2.43. The van der Waals surface area contributed by atoms with Gasteiger partial charge in [0.25, 0.3) is 0 Å². The van der Waals surface area contributed by atoms with Gasteiger partial charge >= 0.3 is 0 Å². The van der Waals surface area contributed by atoms with Gasteiger partial charge in [-0.1, -0.05) is 32.9 Å². The van der Waals surface area contributed by atoms with E-state index in [0.29, 0.717) is 12.5 Å². The first-order valence-electron chi connectivity index (χ1n) is 10.3. The summed E-state index contributed by atoms with van der Waals surface area (Å²) in [6.07, 6.45) is 5.90. The Morgan fingerprint density at radius 2 is 1.96 bits per heavy atom. The van der Waals surface area contributed by atoms with E-state index >= 15 is 0 Å². The van der Waals surface area contributed by atoms with Crippen LogP contribution in [0.15, 0.2) is 30.6 Å². The molecule has 148 valence electrons. The first-order valence-corrected chi connectivity index (χ1v) is 10.3. The van der Waals surface area contributed by atoms with E-state index < -0.39 is 0 Å². The zero-order valence-electron chi connectivity index (χ0n) is 17.2. The summed E-state index contributed by atoms with van der Waals surface area (Å²) in [7, 11) is 0. The van der Waals surface area contributed by atoms with Crippen molar-refractivity contribution in [3.05, 3.63) is 36.2 Å². The topological polar surface area (TPSA) is 55.2 Å². The summed E-state index contributed by atoms with van der Waals surface area (Å²) < 4.78 is 1.97. The zero-order valence-corrected chi connectivity index (χ0v) is 17.2. The molecule has 1 amide bonds. The van der Waals surface area contributed by atoms with Crippen LogP contribution in [-0.2, 0) is 16.1 Å². The van der Waals surface area contributed by atoms with E-state index in [1.807, 2.05) is 21.8 Å². The number of amides is 1. The number of aromatic nitrogens is 2. The first kappa shape index (κ1) is 18.9. The number of nitrogens with zero attached hydrogens (tertiary/aromatic N) is 3. The van der Waals surface area contributed by atoms with Crippen LogP contribution in [0.5, 0.6) is 0 Å². The Bertz CT molecular complexity index is 910. The Morgan fingerprint density at radius 3 is 2.61 bits per heavy atom. The minimum Gasteiger partial charge on any atom is -0.312 e. The van der Waals surface area contributed by atoms with Crippen LogP contribution in [0.3, 0.4) is 0 Å². The van der Waals surface area contributed by atoms with Crippen molar-refractivity contribution in [2.45, 2.75) is 53.0 Å². The van der Waals surface area contributed by atoms with Gasteiger partial charge < -0.3 is 4.90 Å². The number of benzene rings is 1. The summed E-state index contributed by atoms with van der Waals surface area (Å²) in [5.41, 5.74) is 3.97. The number of hydrogen-bond acceptors (Lipinski definition) is 3. The molecule has 2 aliphatic rings. The normalized spacial score (nSPS) is 21.7. The molecule has 1 aliphatic carbocycles. The van der Waals surface area contributed by atoms with E-state index in [9.17, 15) is 9.59 Å². The third-order valence-electron chi connectivity index (χ3n) is 5.85. The van der Waals surface area contributed by atoms with Gasteiger partial charge in [0.1, 0.15) is 5.78 Å². The molecule has 1 aromatic carbocycles. The summed E-state index contributed by atoms with van der Waals surface area (Å²) in [5.74, 6) is 1.06. The average molecular weight is 380 g/mol. The number of fused-ring (bicyclic) bond motifs is 1. The molecule has 2 heterocycles. The third-order valence-corrected chi connectivity index (χ3v) is 5.85. The lowest BCUT2D eigenvalue weighted by molar-refractivity contribution is -0.122. The molecule has 28 heavy (non-hydrogen) atoms. The van der Waals surface area contributed by atoms with E-state index in [1.54, 1.807) is 6.92 Å². The number of Topliss-reactive ketones (excluding diaryl/α,β-unsaturated/α-hetero) is 1. The van der Waals surface area contributed by atoms with Crippen molar-refractivity contribution in [2.75, 3.05) is 11.4 Å². The third kappa shape index (κ3) is 3.50. The van der Waals surface area contributed by atoms with Gasteiger partial charge in [0, 0.05) is 42.4 Å². The van der Waals surface area contributed by atoms with Crippen molar-refractivity contribution in [2.24, 2.45) is 17.8 Å². The predicted molar refractivity (Wildman–Crippen MR) is 110 cm³/mol. The number of anilines is 1. The van der Waals surface area contributed by atoms with Crippen molar-refractivity contribution < 1.29 is 9.59 Å². The smallest absolute Gasteiger partial charge is 0.230 e. The Kier molecular flexibility index (Phi) is 4.86. The van der Waals surface area contributed by atoms with Crippen molar-refractivity contribution >= 4 is 17.4 Å². The Labute approximate surface area is 166 Å². The van der Waals surface area contributed by atoms with Gasteiger partial charge in [-0.05, 0) is 48.8 Å².